The summed E-state index contributed by atoms with van der Waals surface area (Å²) in [6.07, 6.45) is 2.74. The van der Waals surface area contributed by atoms with Gasteiger partial charge in [0.15, 0.2) is 0 Å². The van der Waals surface area contributed by atoms with Crippen LogP contribution in [0.5, 0.6) is 0 Å². The van der Waals surface area contributed by atoms with Gasteiger partial charge in [-0.15, -0.1) is 0 Å². The highest BCUT2D eigenvalue weighted by molar-refractivity contribution is 4.84. The van der Waals surface area contributed by atoms with Crippen molar-refractivity contribution in [3.8, 4) is 0 Å². The van der Waals surface area contributed by atoms with Crippen LogP contribution in [0.15, 0.2) is 0 Å². The number of rotatable bonds is 3. The second-order valence-electron chi connectivity index (χ2n) is 6.71. The third kappa shape index (κ3) is 4.06. The molecule has 2 nitrogen and oxygen atoms in total. The second-order valence-corrected chi connectivity index (χ2v) is 6.71. The van der Waals surface area contributed by atoms with Crippen molar-refractivity contribution in [1.29, 1.82) is 0 Å². The normalized spacial score (nSPS) is 27.8. The molecule has 0 bridgehead atoms. The lowest BCUT2D eigenvalue weighted by Crippen LogP contribution is -2.49. The molecular weight excluding hydrogens is 196 g/mol. The zero-order valence-electron chi connectivity index (χ0n) is 12.0. The Hall–Kier alpha value is -0.0800. The molecule has 96 valence electrons. The standard InChI is InChI=1S/C14H30N2/c1-11(15-12(2)14(3,4)5)13-8-7-9-16(6)10-13/h11-13,15H,7-10H2,1-6H3. The molecule has 0 saturated carbocycles. The van der Waals surface area contributed by atoms with Crippen molar-refractivity contribution in [2.45, 2.75) is 59.5 Å². The fourth-order valence-corrected chi connectivity index (χ4v) is 2.39. The van der Waals surface area contributed by atoms with E-state index in [1.54, 1.807) is 0 Å². The maximum Gasteiger partial charge on any atom is 0.00898 e. The first-order valence-corrected chi connectivity index (χ1v) is 6.75. The van der Waals surface area contributed by atoms with Gasteiger partial charge in [0.2, 0.25) is 0 Å². The van der Waals surface area contributed by atoms with E-state index in [4.69, 9.17) is 0 Å². The van der Waals surface area contributed by atoms with Crippen molar-refractivity contribution in [3.63, 3.8) is 0 Å². The molecule has 0 aromatic carbocycles. The van der Waals surface area contributed by atoms with Crippen molar-refractivity contribution in [1.82, 2.24) is 10.2 Å². The molecule has 1 N–H and O–H groups in total. The summed E-state index contributed by atoms with van der Waals surface area (Å²) in [5.41, 5.74) is 0.356. The fraction of sp³-hybridized carbons (Fsp3) is 1.00. The Morgan fingerprint density at radius 2 is 1.88 bits per heavy atom. The summed E-state index contributed by atoms with van der Waals surface area (Å²) >= 11 is 0. The molecule has 0 amide bonds. The third-order valence-corrected chi connectivity index (χ3v) is 4.18. The van der Waals surface area contributed by atoms with Gasteiger partial charge in [-0.25, -0.2) is 0 Å². The zero-order valence-corrected chi connectivity index (χ0v) is 12.0. The Bertz CT molecular complexity index is 207. The van der Waals surface area contributed by atoms with Crippen LogP contribution in [-0.2, 0) is 0 Å². The predicted octanol–water partition coefficient (Wildman–Crippen LogP) is 2.74. The van der Waals surface area contributed by atoms with Gasteiger partial charge in [-0.2, -0.15) is 0 Å². The molecule has 1 saturated heterocycles. The van der Waals surface area contributed by atoms with E-state index >= 15 is 0 Å². The lowest BCUT2D eigenvalue weighted by atomic mass is 9.85. The highest BCUT2D eigenvalue weighted by atomic mass is 15.1. The smallest absolute Gasteiger partial charge is 0.00898 e. The number of nitrogens with one attached hydrogen (secondary N) is 1. The Balaban J connectivity index is 2.42. The van der Waals surface area contributed by atoms with Gasteiger partial charge in [-0.1, -0.05) is 20.8 Å². The summed E-state index contributed by atoms with van der Waals surface area (Å²) in [7, 11) is 2.24. The van der Waals surface area contributed by atoms with E-state index in [0.29, 0.717) is 17.5 Å². The first-order chi connectivity index (χ1) is 7.30. The molecule has 0 radical (unpaired) electrons. The summed E-state index contributed by atoms with van der Waals surface area (Å²) < 4.78 is 0. The van der Waals surface area contributed by atoms with Gasteiger partial charge in [0.05, 0.1) is 0 Å². The van der Waals surface area contributed by atoms with Crippen LogP contribution in [0, 0.1) is 11.3 Å². The minimum Gasteiger partial charge on any atom is -0.311 e. The maximum absolute atomic E-state index is 3.78. The largest absolute Gasteiger partial charge is 0.311 e. The Labute approximate surface area is 102 Å². The average molecular weight is 226 g/mol. The number of likely N-dealkylation sites (tertiary alicyclic amines) is 1. The van der Waals surface area contributed by atoms with Crippen molar-refractivity contribution < 1.29 is 0 Å². The second kappa shape index (κ2) is 5.50. The topological polar surface area (TPSA) is 15.3 Å². The molecule has 1 aliphatic rings. The third-order valence-electron chi connectivity index (χ3n) is 4.18. The van der Waals surface area contributed by atoms with Crippen LogP contribution in [0.4, 0.5) is 0 Å². The van der Waals surface area contributed by atoms with Gasteiger partial charge >= 0.3 is 0 Å². The molecule has 16 heavy (non-hydrogen) atoms. The van der Waals surface area contributed by atoms with E-state index in [1.807, 2.05) is 0 Å². The van der Waals surface area contributed by atoms with E-state index in [1.165, 1.54) is 25.9 Å². The summed E-state index contributed by atoms with van der Waals surface area (Å²) in [6, 6.07) is 1.21. The fourth-order valence-electron chi connectivity index (χ4n) is 2.39. The monoisotopic (exact) mass is 226 g/mol. The van der Waals surface area contributed by atoms with Crippen LogP contribution < -0.4 is 5.32 Å². The Morgan fingerprint density at radius 1 is 1.25 bits per heavy atom. The predicted molar refractivity (Wildman–Crippen MR) is 71.7 cm³/mol. The zero-order chi connectivity index (χ0) is 12.3. The summed E-state index contributed by atoms with van der Waals surface area (Å²) in [5.74, 6) is 0.823. The van der Waals surface area contributed by atoms with E-state index in [2.05, 4.69) is 51.9 Å². The van der Waals surface area contributed by atoms with Crippen LogP contribution in [0.1, 0.15) is 47.5 Å². The van der Waals surface area contributed by atoms with Gasteiger partial charge in [-0.3, -0.25) is 0 Å². The van der Waals surface area contributed by atoms with Gasteiger partial charge < -0.3 is 10.2 Å². The molecule has 1 aliphatic heterocycles. The minimum atomic E-state index is 0.356. The summed E-state index contributed by atoms with van der Waals surface area (Å²) in [4.78, 5) is 2.47. The van der Waals surface area contributed by atoms with Crippen LogP contribution >= 0.6 is 0 Å². The van der Waals surface area contributed by atoms with Gasteiger partial charge in [0, 0.05) is 18.6 Å². The van der Waals surface area contributed by atoms with Crippen molar-refractivity contribution in [2.75, 3.05) is 20.1 Å². The highest BCUT2D eigenvalue weighted by Crippen LogP contribution is 2.23. The molecule has 3 atom stereocenters. The molecule has 1 heterocycles. The van der Waals surface area contributed by atoms with Crippen LogP contribution in [0.3, 0.4) is 0 Å². The molecule has 0 aromatic rings. The van der Waals surface area contributed by atoms with Gasteiger partial charge in [-0.05, 0) is 51.6 Å². The lowest BCUT2D eigenvalue weighted by molar-refractivity contribution is 0.158. The highest BCUT2D eigenvalue weighted by Gasteiger charge is 2.27. The van der Waals surface area contributed by atoms with E-state index < -0.39 is 0 Å². The number of hydrogen-bond acceptors (Lipinski definition) is 2. The molecule has 1 rings (SSSR count). The van der Waals surface area contributed by atoms with Crippen molar-refractivity contribution >= 4 is 0 Å². The summed E-state index contributed by atoms with van der Waals surface area (Å²) in [6.45, 7) is 14.1. The molecule has 2 heteroatoms. The molecule has 3 unspecified atom stereocenters. The number of piperidine rings is 1. The van der Waals surface area contributed by atoms with Crippen molar-refractivity contribution in [2.24, 2.45) is 11.3 Å². The number of nitrogens with zero attached hydrogens (tertiary/aromatic N) is 1. The minimum absolute atomic E-state index is 0.356. The van der Waals surface area contributed by atoms with E-state index in [0.717, 1.165) is 5.92 Å². The molecule has 0 aliphatic carbocycles. The lowest BCUT2D eigenvalue weighted by Gasteiger charge is -2.38. The quantitative estimate of drug-likeness (QED) is 0.796. The van der Waals surface area contributed by atoms with Crippen LogP contribution in [0.25, 0.3) is 0 Å². The van der Waals surface area contributed by atoms with E-state index in [-0.39, 0.29) is 0 Å². The molecule has 1 fully saturated rings. The molecule has 0 aromatic heterocycles. The van der Waals surface area contributed by atoms with Gasteiger partial charge in [0.25, 0.3) is 0 Å². The SMILES string of the molecule is CC(NC(C)C(C)(C)C)C1CCCN(C)C1. The summed E-state index contributed by atoms with van der Waals surface area (Å²) in [5, 5.41) is 3.78. The van der Waals surface area contributed by atoms with Crippen molar-refractivity contribution in [3.05, 3.63) is 0 Å². The number of hydrogen-bond donors (Lipinski definition) is 1. The average Bonchev–Trinajstić information content (AvgIpc) is 2.16. The van der Waals surface area contributed by atoms with Crippen LogP contribution in [0.2, 0.25) is 0 Å². The first-order valence-electron chi connectivity index (χ1n) is 6.75. The Morgan fingerprint density at radius 3 is 2.38 bits per heavy atom. The molecule has 0 spiro atoms. The first kappa shape index (κ1) is 14.0. The van der Waals surface area contributed by atoms with E-state index in [9.17, 15) is 0 Å². The van der Waals surface area contributed by atoms with Crippen LogP contribution in [-0.4, -0.2) is 37.1 Å². The van der Waals surface area contributed by atoms with Gasteiger partial charge in [0.1, 0.15) is 0 Å². The maximum atomic E-state index is 3.78. The molecular formula is C14H30N2. The Kier molecular flexibility index (Phi) is 4.81.